The summed E-state index contributed by atoms with van der Waals surface area (Å²) >= 11 is 0. The second kappa shape index (κ2) is 10.0. The van der Waals surface area contributed by atoms with Crippen molar-refractivity contribution in [1.29, 1.82) is 0 Å². The quantitative estimate of drug-likeness (QED) is 0.527. The van der Waals surface area contributed by atoms with Gasteiger partial charge in [-0.05, 0) is 65.8 Å². The van der Waals surface area contributed by atoms with Crippen LogP contribution in [0.2, 0.25) is 0 Å². The number of sulfonamides is 1. The molecular weight excluding hydrogens is 412 g/mol. The molecule has 0 spiro atoms. The molecule has 31 heavy (non-hydrogen) atoms. The molecule has 0 aliphatic rings. The Morgan fingerprint density at radius 3 is 2.39 bits per heavy atom. The summed E-state index contributed by atoms with van der Waals surface area (Å²) < 4.78 is 29.3. The molecule has 2 aromatic carbocycles. The van der Waals surface area contributed by atoms with Gasteiger partial charge in [0, 0.05) is 12.4 Å². The summed E-state index contributed by atoms with van der Waals surface area (Å²) in [4.78, 5) is 4.18. The Bertz CT molecular complexity index is 1080. The molecule has 0 fully saturated rings. The molecule has 2 unspecified atom stereocenters. The summed E-state index contributed by atoms with van der Waals surface area (Å²) in [5.74, 6) is 0.764. The minimum atomic E-state index is -3.76. The number of benzene rings is 2. The van der Waals surface area contributed by atoms with Crippen LogP contribution in [0.25, 0.3) is 11.1 Å². The fourth-order valence-electron chi connectivity index (χ4n) is 3.42. The molecule has 0 bridgehead atoms. The van der Waals surface area contributed by atoms with Crippen LogP contribution in [0.4, 0.5) is 0 Å². The first-order chi connectivity index (χ1) is 14.7. The average molecular weight is 441 g/mol. The van der Waals surface area contributed by atoms with E-state index in [1.165, 1.54) is 6.07 Å². The van der Waals surface area contributed by atoms with Gasteiger partial charge < -0.3 is 9.84 Å². The summed E-state index contributed by atoms with van der Waals surface area (Å²) in [7, 11) is -3.76. The normalized spacial score (nSPS) is 13.7. The van der Waals surface area contributed by atoms with E-state index in [1.54, 1.807) is 18.3 Å². The maximum absolute atomic E-state index is 11.6. The van der Waals surface area contributed by atoms with Crippen molar-refractivity contribution in [2.45, 2.75) is 43.8 Å². The van der Waals surface area contributed by atoms with Crippen molar-refractivity contribution in [1.82, 2.24) is 4.98 Å². The highest BCUT2D eigenvalue weighted by molar-refractivity contribution is 7.89. The maximum Gasteiger partial charge on any atom is 0.238 e. The summed E-state index contributed by atoms with van der Waals surface area (Å²) in [5, 5.41) is 16.0. The highest BCUT2D eigenvalue weighted by atomic mass is 32.2. The third kappa shape index (κ3) is 6.37. The van der Waals surface area contributed by atoms with E-state index in [0.29, 0.717) is 12.2 Å². The van der Waals surface area contributed by atoms with Crippen LogP contribution in [0.15, 0.2) is 78.0 Å². The van der Waals surface area contributed by atoms with E-state index in [1.807, 2.05) is 62.5 Å². The zero-order valence-electron chi connectivity index (χ0n) is 17.7. The molecule has 0 saturated heterocycles. The lowest BCUT2D eigenvalue weighted by Crippen LogP contribution is -2.36. The van der Waals surface area contributed by atoms with E-state index in [-0.39, 0.29) is 16.9 Å². The molecule has 0 aliphatic heterocycles. The van der Waals surface area contributed by atoms with E-state index in [2.05, 4.69) is 4.98 Å². The summed E-state index contributed by atoms with van der Waals surface area (Å²) in [6.07, 6.45) is 3.86. The van der Waals surface area contributed by atoms with E-state index in [4.69, 9.17) is 9.88 Å². The number of aryl methyl sites for hydroxylation is 1. The van der Waals surface area contributed by atoms with Gasteiger partial charge in [-0.25, -0.2) is 13.6 Å². The van der Waals surface area contributed by atoms with E-state index < -0.39 is 16.1 Å². The molecule has 0 radical (unpaired) electrons. The Kier molecular flexibility index (Phi) is 7.43. The third-order valence-corrected chi connectivity index (χ3v) is 6.02. The van der Waals surface area contributed by atoms with E-state index in [0.717, 1.165) is 23.1 Å². The Morgan fingerprint density at radius 1 is 1.03 bits per heavy atom. The highest BCUT2D eigenvalue weighted by Crippen LogP contribution is 2.26. The van der Waals surface area contributed by atoms with Crippen LogP contribution in [0, 0.1) is 5.92 Å². The number of aliphatic hydroxyl groups is 1. The van der Waals surface area contributed by atoms with E-state index in [9.17, 15) is 13.5 Å². The van der Waals surface area contributed by atoms with Gasteiger partial charge in [0.1, 0.15) is 11.9 Å². The summed E-state index contributed by atoms with van der Waals surface area (Å²) in [5.41, 5.74) is 2.67. The standard InChI is InChI=1S/C24H28N2O4S/c1-17(2)24(23(27)13-8-18-5-4-14-26-16-18)30-21-11-9-19(10-12-21)20-6-3-7-22(15-20)31(25,28)29/h3-7,9-12,14-17,23-24,27H,8,13H2,1-2H3,(H2,25,28,29). The molecule has 3 N–H and O–H groups in total. The van der Waals surface area contributed by atoms with Gasteiger partial charge in [-0.1, -0.05) is 44.2 Å². The first kappa shape index (κ1) is 22.9. The van der Waals surface area contributed by atoms with Crippen molar-refractivity contribution < 1.29 is 18.3 Å². The van der Waals surface area contributed by atoms with Crippen LogP contribution in [-0.2, 0) is 16.4 Å². The van der Waals surface area contributed by atoms with Crippen molar-refractivity contribution in [2.75, 3.05) is 0 Å². The van der Waals surface area contributed by atoms with Gasteiger partial charge in [0.05, 0.1) is 11.0 Å². The van der Waals surface area contributed by atoms with Crippen molar-refractivity contribution in [2.24, 2.45) is 11.1 Å². The van der Waals surface area contributed by atoms with Crippen molar-refractivity contribution in [3.63, 3.8) is 0 Å². The van der Waals surface area contributed by atoms with Gasteiger partial charge in [-0.3, -0.25) is 4.98 Å². The van der Waals surface area contributed by atoms with Crippen molar-refractivity contribution in [3.05, 3.63) is 78.6 Å². The smallest absolute Gasteiger partial charge is 0.238 e. The Labute approximate surface area is 183 Å². The summed E-state index contributed by atoms with van der Waals surface area (Å²) in [6.45, 7) is 4.04. The lowest BCUT2D eigenvalue weighted by Gasteiger charge is -2.27. The topological polar surface area (TPSA) is 103 Å². The van der Waals surface area contributed by atoms with Crippen LogP contribution in [0.1, 0.15) is 25.8 Å². The predicted octanol–water partition coefficient (Wildman–Crippen LogP) is 3.79. The van der Waals surface area contributed by atoms with Crippen LogP contribution in [-0.4, -0.2) is 30.7 Å². The zero-order valence-corrected chi connectivity index (χ0v) is 18.5. The third-order valence-electron chi connectivity index (χ3n) is 5.11. The summed E-state index contributed by atoms with van der Waals surface area (Å²) in [6, 6.07) is 17.7. The number of rotatable bonds is 9. The van der Waals surface area contributed by atoms with Crippen LogP contribution < -0.4 is 9.88 Å². The molecule has 1 heterocycles. The second-order valence-electron chi connectivity index (χ2n) is 7.89. The zero-order chi connectivity index (χ0) is 22.4. The molecule has 2 atom stereocenters. The molecule has 0 saturated carbocycles. The number of hydrogen-bond donors (Lipinski definition) is 2. The van der Waals surface area contributed by atoms with Gasteiger partial charge in [-0.15, -0.1) is 0 Å². The predicted molar refractivity (Wildman–Crippen MR) is 121 cm³/mol. The van der Waals surface area contributed by atoms with E-state index >= 15 is 0 Å². The number of aromatic nitrogens is 1. The first-order valence-corrected chi connectivity index (χ1v) is 11.8. The lowest BCUT2D eigenvalue weighted by molar-refractivity contribution is 0.00486. The molecular formula is C24H28N2O4S. The number of hydrogen-bond acceptors (Lipinski definition) is 5. The number of primary sulfonamides is 1. The molecule has 1 aromatic heterocycles. The monoisotopic (exact) mass is 440 g/mol. The molecule has 3 aromatic rings. The van der Waals surface area contributed by atoms with Gasteiger partial charge >= 0.3 is 0 Å². The molecule has 6 nitrogen and oxygen atoms in total. The molecule has 7 heteroatoms. The lowest BCUT2D eigenvalue weighted by atomic mass is 9.96. The average Bonchev–Trinajstić information content (AvgIpc) is 2.76. The van der Waals surface area contributed by atoms with Crippen LogP contribution in [0.3, 0.4) is 0 Å². The Hall–Kier alpha value is -2.74. The molecule has 3 rings (SSSR count). The second-order valence-corrected chi connectivity index (χ2v) is 9.45. The van der Waals surface area contributed by atoms with Gasteiger partial charge in [-0.2, -0.15) is 0 Å². The number of ether oxygens (including phenoxy) is 1. The Balaban J connectivity index is 1.69. The fourth-order valence-corrected chi connectivity index (χ4v) is 3.98. The number of nitrogens with zero attached hydrogens (tertiary/aromatic N) is 1. The molecule has 0 aliphatic carbocycles. The van der Waals surface area contributed by atoms with Crippen molar-refractivity contribution >= 4 is 10.0 Å². The molecule has 164 valence electrons. The fraction of sp³-hybridized carbons (Fsp3) is 0.292. The highest BCUT2D eigenvalue weighted by Gasteiger charge is 2.24. The van der Waals surface area contributed by atoms with Crippen LogP contribution >= 0.6 is 0 Å². The number of nitrogens with two attached hydrogens (primary N) is 1. The van der Waals surface area contributed by atoms with Crippen LogP contribution in [0.5, 0.6) is 5.75 Å². The maximum atomic E-state index is 11.6. The van der Waals surface area contributed by atoms with Gasteiger partial charge in [0.25, 0.3) is 0 Å². The van der Waals surface area contributed by atoms with Gasteiger partial charge in [0.15, 0.2) is 0 Å². The molecule has 0 amide bonds. The minimum absolute atomic E-state index is 0.0712. The number of pyridine rings is 1. The SMILES string of the molecule is CC(C)C(Oc1ccc(-c2cccc(S(N)(=O)=O)c2)cc1)C(O)CCc1cccnc1. The minimum Gasteiger partial charge on any atom is -0.487 e. The number of aliphatic hydroxyl groups excluding tert-OH is 1. The first-order valence-electron chi connectivity index (χ1n) is 10.2. The van der Waals surface area contributed by atoms with Gasteiger partial charge in [0.2, 0.25) is 10.0 Å². The van der Waals surface area contributed by atoms with Crippen molar-refractivity contribution in [3.8, 4) is 16.9 Å². The largest absolute Gasteiger partial charge is 0.487 e. The Morgan fingerprint density at radius 2 is 1.77 bits per heavy atom.